The molecule has 4 aliphatic carbocycles. The number of aromatic nitrogens is 2. The lowest BCUT2D eigenvalue weighted by Crippen LogP contribution is -2.51. The van der Waals surface area contributed by atoms with Crippen LogP contribution in [-0.4, -0.2) is 22.6 Å². The maximum atomic E-state index is 13.5. The second-order valence-corrected chi connectivity index (χ2v) is 12.0. The molecule has 5 nitrogen and oxygen atoms in total. The van der Waals surface area contributed by atoms with E-state index < -0.39 is 0 Å². The fourth-order valence-electron chi connectivity index (χ4n) is 6.62. The average molecular weight is 484 g/mol. The van der Waals surface area contributed by atoms with Gasteiger partial charge in [0.1, 0.15) is 0 Å². The normalized spacial score (nSPS) is 25.3. The number of nitrogens with zero attached hydrogens (tertiary/aromatic N) is 3. The number of amides is 1. The molecular formula is C31H37N3O2. The lowest BCUT2D eigenvalue weighted by molar-refractivity contribution is -0.122. The van der Waals surface area contributed by atoms with Crippen molar-refractivity contribution in [3.05, 3.63) is 65.5 Å². The van der Waals surface area contributed by atoms with Crippen LogP contribution in [0.5, 0.6) is 0 Å². The van der Waals surface area contributed by atoms with E-state index in [-0.39, 0.29) is 17.2 Å². The van der Waals surface area contributed by atoms with Gasteiger partial charge >= 0.3 is 0 Å². The molecule has 4 saturated carbocycles. The number of hydrogen-bond donors (Lipinski definition) is 0. The molecule has 7 rings (SSSR count). The Morgan fingerprint density at radius 2 is 1.72 bits per heavy atom. The molecule has 1 aromatic heterocycles. The molecule has 0 radical (unpaired) electrons. The first-order chi connectivity index (χ1) is 17.4. The molecule has 0 saturated heterocycles. The summed E-state index contributed by atoms with van der Waals surface area (Å²) in [6.45, 7) is 6.60. The molecule has 2 bridgehead atoms. The van der Waals surface area contributed by atoms with E-state index in [0.717, 1.165) is 23.7 Å². The van der Waals surface area contributed by atoms with Crippen molar-refractivity contribution in [1.82, 2.24) is 10.1 Å². The highest BCUT2D eigenvalue weighted by molar-refractivity contribution is 5.95. The summed E-state index contributed by atoms with van der Waals surface area (Å²) in [5.41, 5.74) is 5.36. The van der Waals surface area contributed by atoms with Crippen molar-refractivity contribution in [2.24, 2.45) is 11.3 Å². The van der Waals surface area contributed by atoms with Crippen LogP contribution in [0.4, 0.5) is 5.69 Å². The van der Waals surface area contributed by atoms with E-state index in [0.29, 0.717) is 17.1 Å². The monoisotopic (exact) mass is 483 g/mol. The number of rotatable bonds is 7. The van der Waals surface area contributed by atoms with E-state index in [1.54, 1.807) is 0 Å². The standard InChI is InChI=1S/C31H37N3O2/c1-21(2)29(35)34(27-6-4-5-25(19-27)28-32-22(3)33-36-28)20-30-13-16-31(17-14-30,18-15-30)26-11-9-24(10-12-26)23-7-8-23/h4-6,9-12,19,21,23H,7-8,13-18,20H2,1-3H3. The summed E-state index contributed by atoms with van der Waals surface area (Å²) in [5.74, 6) is 2.04. The van der Waals surface area contributed by atoms with Crippen molar-refractivity contribution in [3.63, 3.8) is 0 Å². The lowest BCUT2D eigenvalue weighted by atomic mass is 9.51. The number of aryl methyl sites for hydroxylation is 1. The zero-order chi connectivity index (χ0) is 24.9. The zero-order valence-electron chi connectivity index (χ0n) is 21.8. The van der Waals surface area contributed by atoms with Crippen molar-refractivity contribution in [2.45, 2.75) is 83.5 Å². The van der Waals surface area contributed by atoms with Gasteiger partial charge in [0.05, 0.1) is 0 Å². The Bertz CT molecular complexity index is 1230. The van der Waals surface area contributed by atoms with Crippen LogP contribution in [0.2, 0.25) is 0 Å². The van der Waals surface area contributed by atoms with Crippen LogP contribution in [0.3, 0.4) is 0 Å². The SMILES string of the molecule is Cc1noc(-c2cccc(N(CC34CCC(c5ccc(C6CC6)cc5)(CC3)CC4)C(=O)C(C)C)c2)n1. The van der Waals surface area contributed by atoms with E-state index in [1.807, 2.05) is 49.9 Å². The fourth-order valence-corrected chi connectivity index (χ4v) is 6.62. The van der Waals surface area contributed by atoms with E-state index in [4.69, 9.17) is 4.52 Å². The van der Waals surface area contributed by atoms with Crippen LogP contribution >= 0.6 is 0 Å². The van der Waals surface area contributed by atoms with Gasteiger partial charge < -0.3 is 9.42 Å². The Hall–Kier alpha value is -2.95. The summed E-state index contributed by atoms with van der Waals surface area (Å²) in [4.78, 5) is 19.9. The Labute approximate surface area is 214 Å². The van der Waals surface area contributed by atoms with Crippen LogP contribution in [0, 0.1) is 18.3 Å². The molecule has 1 amide bonds. The van der Waals surface area contributed by atoms with Gasteiger partial charge in [-0.05, 0) is 104 Å². The maximum absolute atomic E-state index is 13.5. The second-order valence-electron chi connectivity index (χ2n) is 12.0. The van der Waals surface area contributed by atoms with E-state index in [1.165, 1.54) is 62.5 Å². The third kappa shape index (κ3) is 4.27. The first-order valence-electron chi connectivity index (χ1n) is 13.7. The molecule has 1 heterocycles. The number of carbonyl (C=O) groups is 1. The smallest absolute Gasteiger partial charge is 0.257 e. The molecular weight excluding hydrogens is 446 g/mol. The molecule has 3 aromatic rings. The summed E-state index contributed by atoms with van der Waals surface area (Å²) in [7, 11) is 0. The van der Waals surface area contributed by atoms with E-state index in [2.05, 4.69) is 34.4 Å². The van der Waals surface area contributed by atoms with Crippen molar-refractivity contribution in [3.8, 4) is 11.5 Å². The molecule has 36 heavy (non-hydrogen) atoms. The molecule has 0 atom stereocenters. The van der Waals surface area contributed by atoms with Crippen LogP contribution in [0.25, 0.3) is 11.5 Å². The van der Waals surface area contributed by atoms with Crippen LogP contribution in [0.15, 0.2) is 53.1 Å². The minimum absolute atomic E-state index is 0.0630. The minimum Gasteiger partial charge on any atom is -0.334 e. The van der Waals surface area contributed by atoms with Gasteiger partial charge in [0.2, 0.25) is 5.91 Å². The number of hydrogen-bond acceptors (Lipinski definition) is 4. The van der Waals surface area contributed by atoms with Gasteiger partial charge in [0.25, 0.3) is 5.89 Å². The molecule has 2 aromatic carbocycles. The van der Waals surface area contributed by atoms with Gasteiger partial charge in [-0.3, -0.25) is 4.79 Å². The molecule has 4 fully saturated rings. The predicted molar refractivity (Wildman–Crippen MR) is 142 cm³/mol. The van der Waals surface area contributed by atoms with E-state index in [9.17, 15) is 4.79 Å². The largest absolute Gasteiger partial charge is 0.334 e. The van der Waals surface area contributed by atoms with Gasteiger partial charge in [-0.2, -0.15) is 4.98 Å². The molecule has 0 spiro atoms. The molecule has 0 aliphatic heterocycles. The summed E-state index contributed by atoms with van der Waals surface area (Å²) in [6, 6.07) is 17.6. The highest BCUT2D eigenvalue weighted by atomic mass is 16.5. The average Bonchev–Trinajstić information content (AvgIpc) is 3.68. The molecule has 0 N–H and O–H groups in total. The summed E-state index contributed by atoms with van der Waals surface area (Å²) >= 11 is 0. The summed E-state index contributed by atoms with van der Waals surface area (Å²) in [5, 5.41) is 3.94. The minimum atomic E-state index is -0.0630. The van der Waals surface area contributed by atoms with Crippen LogP contribution in [-0.2, 0) is 10.2 Å². The quantitative estimate of drug-likeness (QED) is 0.356. The van der Waals surface area contributed by atoms with Gasteiger partial charge in [-0.25, -0.2) is 0 Å². The van der Waals surface area contributed by atoms with Crippen molar-refractivity contribution >= 4 is 11.6 Å². The lowest BCUT2D eigenvalue weighted by Gasteiger charge is -2.55. The Morgan fingerprint density at radius 3 is 2.31 bits per heavy atom. The molecule has 0 unspecified atom stereocenters. The maximum Gasteiger partial charge on any atom is 0.257 e. The van der Waals surface area contributed by atoms with Crippen molar-refractivity contribution in [2.75, 3.05) is 11.4 Å². The van der Waals surface area contributed by atoms with Crippen molar-refractivity contribution < 1.29 is 9.32 Å². The third-order valence-electron chi connectivity index (χ3n) is 9.16. The first-order valence-corrected chi connectivity index (χ1v) is 13.7. The highest BCUT2D eigenvalue weighted by Gasteiger charge is 2.50. The van der Waals surface area contributed by atoms with Crippen LogP contribution < -0.4 is 4.90 Å². The number of anilines is 1. The number of benzene rings is 2. The number of carbonyl (C=O) groups excluding carboxylic acids is 1. The molecule has 5 heteroatoms. The Balaban J connectivity index is 1.23. The fraction of sp³-hybridized carbons (Fsp3) is 0.516. The van der Waals surface area contributed by atoms with E-state index >= 15 is 0 Å². The van der Waals surface area contributed by atoms with Gasteiger partial charge in [0.15, 0.2) is 5.82 Å². The Kier molecular flexibility index (Phi) is 5.77. The summed E-state index contributed by atoms with van der Waals surface area (Å²) < 4.78 is 5.40. The van der Waals surface area contributed by atoms with Gasteiger partial charge in [-0.15, -0.1) is 0 Å². The van der Waals surface area contributed by atoms with Gasteiger partial charge in [0, 0.05) is 23.7 Å². The second kappa shape index (κ2) is 8.86. The van der Waals surface area contributed by atoms with Gasteiger partial charge in [-0.1, -0.05) is 49.3 Å². The van der Waals surface area contributed by atoms with Crippen LogP contribution in [0.1, 0.15) is 88.1 Å². The third-order valence-corrected chi connectivity index (χ3v) is 9.16. The number of fused-ring (bicyclic) bond motifs is 3. The highest BCUT2D eigenvalue weighted by Crippen LogP contribution is 2.58. The topological polar surface area (TPSA) is 59.2 Å². The summed E-state index contributed by atoms with van der Waals surface area (Å²) in [6.07, 6.45) is 9.93. The zero-order valence-corrected chi connectivity index (χ0v) is 21.8. The Morgan fingerprint density at radius 1 is 1.03 bits per heavy atom. The first kappa shape index (κ1) is 23.4. The molecule has 188 valence electrons. The molecule has 4 aliphatic rings. The predicted octanol–water partition coefficient (Wildman–Crippen LogP) is 7.20. The van der Waals surface area contributed by atoms with Crippen molar-refractivity contribution in [1.29, 1.82) is 0 Å².